The molecule has 3 aromatic rings. The van der Waals surface area contributed by atoms with Crippen molar-refractivity contribution in [2.45, 2.75) is 20.8 Å². The molecule has 2 aromatic carbocycles. The lowest BCUT2D eigenvalue weighted by molar-refractivity contribution is -0.0987. The van der Waals surface area contributed by atoms with Gasteiger partial charge in [0.15, 0.2) is 0 Å². The van der Waals surface area contributed by atoms with Crippen LogP contribution in [0.2, 0.25) is 10.0 Å². The van der Waals surface area contributed by atoms with Crippen LogP contribution in [0, 0.1) is 6.92 Å². The quantitative estimate of drug-likeness (QED) is 0.513. The fourth-order valence-corrected chi connectivity index (χ4v) is 2.86. The van der Waals surface area contributed by atoms with Gasteiger partial charge in [-0.05, 0) is 55.0 Å². The molecule has 1 N–H and O–H groups in total. The molecule has 7 heteroatoms. The van der Waals surface area contributed by atoms with E-state index in [2.05, 4.69) is 10.3 Å². The minimum Gasteiger partial charge on any atom is -0.322 e. The molecule has 3 rings (SSSR count). The van der Waals surface area contributed by atoms with Crippen molar-refractivity contribution < 1.29 is 14.4 Å². The zero-order valence-electron chi connectivity index (χ0n) is 17.1. The molecule has 1 heterocycles. The van der Waals surface area contributed by atoms with E-state index in [0.29, 0.717) is 21.3 Å². The van der Waals surface area contributed by atoms with E-state index in [1.165, 1.54) is 0 Å². The summed E-state index contributed by atoms with van der Waals surface area (Å²) in [6.45, 7) is 9.92. The van der Waals surface area contributed by atoms with Gasteiger partial charge in [-0.2, -0.15) is 0 Å². The number of halogens is 2. The zero-order chi connectivity index (χ0) is 23.1. The smallest absolute Gasteiger partial charge is 0.257 e. The summed E-state index contributed by atoms with van der Waals surface area (Å²) in [7, 11) is 0. The highest BCUT2D eigenvalue weighted by molar-refractivity contribution is 6.34. The molecule has 0 aliphatic carbocycles. The molecule has 0 radical (unpaired) electrons. The number of nitrogens with one attached hydrogen (secondary N) is 1. The second kappa shape index (κ2) is 14.9. The highest BCUT2D eigenvalue weighted by Crippen LogP contribution is 2.29. The molecule has 0 spiro atoms. The Kier molecular flexibility index (Phi) is 13.4. The van der Waals surface area contributed by atoms with E-state index in [1.807, 2.05) is 58.6 Å². The molecule has 158 valence electrons. The molecule has 1 amide bonds. The predicted molar refractivity (Wildman–Crippen MR) is 124 cm³/mol. The number of benzene rings is 2. The minimum atomic E-state index is -0.269. The van der Waals surface area contributed by atoms with Gasteiger partial charge in [-0.15, -0.1) is 0 Å². The Morgan fingerprint density at radius 3 is 2.13 bits per heavy atom. The summed E-state index contributed by atoms with van der Waals surface area (Å²) >= 11 is 12.4. The average Bonchev–Trinajstić information content (AvgIpc) is 2.79. The molecule has 0 atom stereocenters. The van der Waals surface area contributed by atoms with E-state index in [-0.39, 0.29) is 5.91 Å². The Balaban J connectivity index is 0.00000129. The topological polar surface area (TPSA) is 76.1 Å². The van der Waals surface area contributed by atoms with Crippen LogP contribution in [-0.4, -0.2) is 24.5 Å². The lowest BCUT2D eigenvalue weighted by Crippen LogP contribution is -2.12. The van der Waals surface area contributed by atoms with Gasteiger partial charge in [0, 0.05) is 17.4 Å². The van der Waals surface area contributed by atoms with Gasteiger partial charge in [0.25, 0.3) is 5.91 Å². The van der Waals surface area contributed by atoms with Gasteiger partial charge in [0.1, 0.15) is 13.6 Å². The van der Waals surface area contributed by atoms with Crippen molar-refractivity contribution in [3.05, 3.63) is 82.0 Å². The Labute approximate surface area is 187 Å². The van der Waals surface area contributed by atoms with Gasteiger partial charge in [-0.1, -0.05) is 49.2 Å². The highest BCUT2D eigenvalue weighted by Gasteiger charge is 2.12. The van der Waals surface area contributed by atoms with Crippen molar-refractivity contribution in [2.75, 3.05) is 5.32 Å². The summed E-state index contributed by atoms with van der Waals surface area (Å²) in [6.07, 6.45) is 1.70. The molecular weight excluding hydrogens is 423 g/mol. The van der Waals surface area contributed by atoms with Crippen molar-refractivity contribution >= 4 is 48.4 Å². The molecule has 0 unspecified atom stereocenters. The molecule has 5 nitrogen and oxygen atoms in total. The van der Waals surface area contributed by atoms with Crippen molar-refractivity contribution in [3.63, 3.8) is 0 Å². The number of carbonyl (C=O) groups excluding carboxylic acids is 3. The number of pyridine rings is 1. The van der Waals surface area contributed by atoms with Crippen molar-refractivity contribution in [1.82, 2.24) is 4.98 Å². The van der Waals surface area contributed by atoms with E-state index in [0.717, 1.165) is 16.8 Å². The number of aromatic nitrogens is 1. The van der Waals surface area contributed by atoms with Crippen LogP contribution >= 0.6 is 23.2 Å². The summed E-state index contributed by atoms with van der Waals surface area (Å²) in [5.74, 6) is -0.269. The monoisotopic (exact) mass is 446 g/mol. The number of nitrogens with zero attached hydrogens (tertiary/aromatic N) is 1. The third-order valence-corrected chi connectivity index (χ3v) is 4.18. The van der Waals surface area contributed by atoms with Gasteiger partial charge < -0.3 is 14.9 Å². The van der Waals surface area contributed by atoms with Crippen LogP contribution in [0.15, 0.2) is 60.8 Å². The van der Waals surface area contributed by atoms with E-state index in [1.54, 1.807) is 36.5 Å². The summed E-state index contributed by atoms with van der Waals surface area (Å²) in [5, 5.41) is 3.84. The van der Waals surface area contributed by atoms with Crippen LogP contribution in [0.4, 0.5) is 5.69 Å². The Bertz CT molecular complexity index is 933. The van der Waals surface area contributed by atoms with Crippen molar-refractivity contribution in [2.24, 2.45) is 0 Å². The first-order valence-electron chi connectivity index (χ1n) is 8.91. The maximum atomic E-state index is 12.4. The van der Waals surface area contributed by atoms with Crippen LogP contribution in [0.3, 0.4) is 0 Å². The first-order valence-corrected chi connectivity index (χ1v) is 9.66. The molecule has 0 saturated heterocycles. The third-order valence-electron chi connectivity index (χ3n) is 3.53. The van der Waals surface area contributed by atoms with E-state index >= 15 is 0 Å². The number of rotatable bonds is 3. The highest BCUT2D eigenvalue weighted by atomic mass is 35.5. The maximum Gasteiger partial charge on any atom is 0.257 e. The third kappa shape index (κ3) is 7.78. The van der Waals surface area contributed by atoms with Crippen LogP contribution < -0.4 is 5.32 Å². The molecule has 0 aliphatic rings. The number of aryl methyl sites for hydroxylation is 1. The first kappa shape index (κ1) is 27.0. The summed E-state index contributed by atoms with van der Waals surface area (Å²) in [4.78, 5) is 32.7. The number of hydrogen-bond donors (Lipinski definition) is 1. The average molecular weight is 447 g/mol. The molecule has 1 aromatic heterocycles. The SMILES string of the molecule is C=O.C=O.CC.Cc1ccc(C(=O)Nc2ccc(Cl)c(-c3ccccn3)c2)c(Cl)c1. The molecule has 30 heavy (non-hydrogen) atoms. The van der Waals surface area contributed by atoms with E-state index in [9.17, 15) is 4.79 Å². The van der Waals surface area contributed by atoms with Gasteiger partial charge in [0.2, 0.25) is 0 Å². The van der Waals surface area contributed by atoms with E-state index < -0.39 is 0 Å². The molecule has 0 bridgehead atoms. The minimum absolute atomic E-state index is 0.269. The lowest BCUT2D eigenvalue weighted by atomic mass is 10.1. The standard InChI is InChI=1S/C19H14Cl2N2O.C2H6.2CH2O/c1-12-5-7-14(17(21)10-12)19(24)23-13-6-8-16(20)15(11-13)18-4-2-3-9-22-18;3*1-2/h2-11H,1H3,(H,23,24);1-2H3;2*1H2. The summed E-state index contributed by atoms with van der Waals surface area (Å²) < 4.78 is 0. The molecule has 0 fully saturated rings. The summed E-state index contributed by atoms with van der Waals surface area (Å²) in [5.41, 5.74) is 3.55. The largest absolute Gasteiger partial charge is 0.322 e. The lowest BCUT2D eigenvalue weighted by Gasteiger charge is -2.10. The first-order chi connectivity index (χ1) is 14.5. The normalized spacial score (nSPS) is 8.83. The molecule has 0 saturated carbocycles. The second-order valence-corrected chi connectivity index (χ2v) is 6.16. The Morgan fingerprint density at radius 2 is 1.57 bits per heavy atom. The van der Waals surface area contributed by atoms with Gasteiger partial charge in [-0.3, -0.25) is 9.78 Å². The van der Waals surface area contributed by atoms with Crippen LogP contribution in [0.5, 0.6) is 0 Å². The second-order valence-electron chi connectivity index (χ2n) is 5.35. The fraction of sp³-hybridized carbons (Fsp3) is 0.130. The summed E-state index contributed by atoms with van der Waals surface area (Å²) in [6, 6.07) is 16.2. The zero-order valence-corrected chi connectivity index (χ0v) is 18.6. The van der Waals surface area contributed by atoms with Crippen LogP contribution in [0.25, 0.3) is 11.3 Å². The Morgan fingerprint density at radius 1 is 0.900 bits per heavy atom. The fourth-order valence-electron chi connectivity index (χ4n) is 2.32. The van der Waals surface area contributed by atoms with Gasteiger partial charge in [0.05, 0.1) is 21.3 Å². The van der Waals surface area contributed by atoms with Gasteiger partial charge >= 0.3 is 0 Å². The number of amides is 1. The number of carbonyl (C=O) groups is 3. The van der Waals surface area contributed by atoms with Crippen LogP contribution in [-0.2, 0) is 9.59 Å². The van der Waals surface area contributed by atoms with Crippen LogP contribution in [0.1, 0.15) is 29.8 Å². The predicted octanol–water partition coefficient (Wildman–Crippen LogP) is 6.27. The number of hydrogen-bond acceptors (Lipinski definition) is 4. The maximum absolute atomic E-state index is 12.4. The van der Waals surface area contributed by atoms with Crippen molar-refractivity contribution in [1.29, 1.82) is 0 Å². The molecular formula is C23H24Cl2N2O3. The van der Waals surface area contributed by atoms with Crippen molar-refractivity contribution in [3.8, 4) is 11.3 Å². The van der Waals surface area contributed by atoms with Gasteiger partial charge in [-0.25, -0.2) is 0 Å². The van der Waals surface area contributed by atoms with E-state index in [4.69, 9.17) is 32.8 Å². The number of anilines is 1. The Hall–Kier alpha value is -3.02. The molecule has 0 aliphatic heterocycles.